The van der Waals surface area contributed by atoms with Gasteiger partial charge >= 0.3 is 0 Å². The molecular weight excluding hydrogens is 230 g/mol. The lowest BCUT2D eigenvalue weighted by Crippen LogP contribution is -2.29. The van der Waals surface area contributed by atoms with Crippen molar-refractivity contribution < 1.29 is 0 Å². The largest absolute Gasteiger partial charge is 0.298 e. The third-order valence-corrected chi connectivity index (χ3v) is 2.69. The number of nitrogens with zero attached hydrogens (tertiary/aromatic N) is 1. The van der Waals surface area contributed by atoms with Gasteiger partial charge in [0.25, 0.3) is 0 Å². The van der Waals surface area contributed by atoms with E-state index in [9.17, 15) is 0 Å². The maximum atomic E-state index is 4.04. The van der Waals surface area contributed by atoms with Crippen LogP contribution in [0.25, 0.3) is 0 Å². The second-order valence-corrected chi connectivity index (χ2v) is 3.82. The predicted molar refractivity (Wildman–Crippen MR) is 90.5 cm³/mol. The number of rotatable bonds is 3. The summed E-state index contributed by atoms with van der Waals surface area (Å²) < 4.78 is 0. The van der Waals surface area contributed by atoms with E-state index in [1.807, 2.05) is 39.8 Å². The molecule has 0 aromatic carbocycles. The van der Waals surface area contributed by atoms with Crippen LogP contribution < -0.4 is 0 Å². The van der Waals surface area contributed by atoms with E-state index in [1.54, 1.807) is 0 Å². The van der Waals surface area contributed by atoms with Gasteiger partial charge in [-0.25, -0.2) is 0 Å². The zero-order valence-corrected chi connectivity index (χ0v) is 13.7. The monoisotopic (exact) mass is 261 g/mol. The molecule has 0 aromatic heterocycles. The molecular formula is C18H31N. The highest BCUT2D eigenvalue weighted by atomic mass is 15.1. The van der Waals surface area contributed by atoms with Crippen LogP contribution in [0.1, 0.15) is 34.6 Å². The summed E-state index contributed by atoms with van der Waals surface area (Å²) in [5.41, 5.74) is 4.76. The molecule has 0 saturated carbocycles. The zero-order valence-electron chi connectivity index (χ0n) is 13.7. The SMILES string of the molecule is C=CC(=C)C1=C(C=C)CN(C)C/C1=C/C.CC.CC. The molecule has 1 heteroatoms. The Morgan fingerprint density at radius 1 is 1.11 bits per heavy atom. The average Bonchev–Trinajstić information content (AvgIpc) is 2.49. The van der Waals surface area contributed by atoms with E-state index in [2.05, 4.69) is 44.7 Å². The Morgan fingerprint density at radius 2 is 1.63 bits per heavy atom. The minimum Gasteiger partial charge on any atom is -0.298 e. The van der Waals surface area contributed by atoms with Gasteiger partial charge in [-0.15, -0.1) is 0 Å². The lowest BCUT2D eigenvalue weighted by molar-refractivity contribution is 0.386. The highest BCUT2D eigenvalue weighted by Crippen LogP contribution is 2.28. The molecule has 19 heavy (non-hydrogen) atoms. The van der Waals surface area contributed by atoms with Crippen molar-refractivity contribution in [2.75, 3.05) is 20.1 Å². The molecule has 0 saturated heterocycles. The Balaban J connectivity index is 0. The maximum absolute atomic E-state index is 4.04. The standard InChI is InChI=1S/C14H19N.2C2H6/c1-6-11(4)14-12(7-2)9-15(5)10-13(14)8-3;2*1-2/h6-8H,1-2,4,9-10H2,3,5H3;2*1-2H3/b13-8-;;. The number of hydrogen-bond donors (Lipinski definition) is 0. The summed E-state index contributed by atoms with van der Waals surface area (Å²) in [6.45, 7) is 23.6. The van der Waals surface area contributed by atoms with E-state index < -0.39 is 0 Å². The Hall–Kier alpha value is -1.34. The van der Waals surface area contributed by atoms with Crippen molar-refractivity contribution in [1.82, 2.24) is 4.90 Å². The fourth-order valence-corrected chi connectivity index (χ4v) is 1.92. The first kappa shape index (κ1) is 20.0. The molecule has 0 spiro atoms. The van der Waals surface area contributed by atoms with Gasteiger partial charge in [-0.05, 0) is 36.3 Å². The highest BCUT2D eigenvalue weighted by Gasteiger charge is 2.19. The van der Waals surface area contributed by atoms with Crippen LogP contribution >= 0.6 is 0 Å². The van der Waals surface area contributed by atoms with Gasteiger partial charge in [-0.3, -0.25) is 4.90 Å². The van der Waals surface area contributed by atoms with Crippen LogP contribution in [0.2, 0.25) is 0 Å². The predicted octanol–water partition coefficient (Wildman–Crippen LogP) is 5.16. The van der Waals surface area contributed by atoms with Crippen molar-refractivity contribution in [3.63, 3.8) is 0 Å². The van der Waals surface area contributed by atoms with Gasteiger partial charge in [0.15, 0.2) is 0 Å². The summed E-state index contributed by atoms with van der Waals surface area (Å²) in [5, 5.41) is 0. The normalized spacial score (nSPS) is 16.8. The lowest BCUT2D eigenvalue weighted by Gasteiger charge is -2.29. The molecule has 1 nitrogen and oxygen atoms in total. The topological polar surface area (TPSA) is 3.24 Å². The molecule has 0 N–H and O–H groups in total. The fourth-order valence-electron chi connectivity index (χ4n) is 1.92. The molecule has 0 unspecified atom stereocenters. The van der Waals surface area contributed by atoms with Gasteiger partial charge in [0, 0.05) is 13.1 Å². The Labute approximate surface area is 120 Å². The molecule has 0 aromatic rings. The molecule has 1 aliphatic rings. The van der Waals surface area contributed by atoms with Gasteiger partial charge in [0.2, 0.25) is 0 Å². The number of likely N-dealkylation sites (N-methyl/N-ethyl adjacent to an activating group) is 1. The fraction of sp³-hybridized carbons (Fsp3) is 0.444. The minimum absolute atomic E-state index is 0.934. The third kappa shape index (κ3) is 5.89. The molecule has 0 amide bonds. The van der Waals surface area contributed by atoms with E-state index >= 15 is 0 Å². The van der Waals surface area contributed by atoms with E-state index in [-0.39, 0.29) is 0 Å². The van der Waals surface area contributed by atoms with Crippen LogP contribution in [0, 0.1) is 0 Å². The average molecular weight is 261 g/mol. The van der Waals surface area contributed by atoms with Gasteiger partial charge in [-0.2, -0.15) is 0 Å². The van der Waals surface area contributed by atoms with Crippen LogP contribution in [-0.2, 0) is 0 Å². The first-order valence-electron chi connectivity index (χ1n) is 7.15. The van der Waals surface area contributed by atoms with Crippen LogP contribution in [0.3, 0.4) is 0 Å². The lowest BCUT2D eigenvalue weighted by atomic mass is 9.89. The van der Waals surface area contributed by atoms with Crippen LogP contribution in [-0.4, -0.2) is 25.0 Å². The van der Waals surface area contributed by atoms with Gasteiger partial charge < -0.3 is 0 Å². The van der Waals surface area contributed by atoms with Crippen LogP contribution in [0.5, 0.6) is 0 Å². The minimum atomic E-state index is 0.934. The summed E-state index contributed by atoms with van der Waals surface area (Å²) in [6.07, 6.45) is 5.88. The van der Waals surface area contributed by atoms with Gasteiger partial charge in [0.1, 0.15) is 0 Å². The molecule has 0 radical (unpaired) electrons. The van der Waals surface area contributed by atoms with Crippen LogP contribution in [0.15, 0.2) is 60.3 Å². The highest BCUT2D eigenvalue weighted by molar-refractivity contribution is 5.57. The van der Waals surface area contributed by atoms with Crippen molar-refractivity contribution in [2.24, 2.45) is 0 Å². The van der Waals surface area contributed by atoms with Crippen molar-refractivity contribution in [1.29, 1.82) is 0 Å². The third-order valence-electron chi connectivity index (χ3n) is 2.69. The summed E-state index contributed by atoms with van der Waals surface area (Å²) in [5.74, 6) is 0. The molecule has 108 valence electrons. The van der Waals surface area contributed by atoms with Crippen molar-refractivity contribution in [3.05, 3.63) is 60.3 Å². The van der Waals surface area contributed by atoms with Crippen molar-refractivity contribution in [2.45, 2.75) is 34.6 Å². The first-order chi connectivity index (χ1) is 9.13. The Kier molecular flexibility index (Phi) is 12.3. The first-order valence-corrected chi connectivity index (χ1v) is 7.15. The molecule has 0 aliphatic carbocycles. The van der Waals surface area contributed by atoms with Gasteiger partial charge in [-0.1, -0.05) is 65.7 Å². The second-order valence-electron chi connectivity index (χ2n) is 3.82. The quantitative estimate of drug-likeness (QED) is 0.635. The summed E-state index contributed by atoms with van der Waals surface area (Å²) in [4.78, 5) is 2.27. The summed E-state index contributed by atoms with van der Waals surface area (Å²) in [7, 11) is 2.11. The zero-order chi connectivity index (χ0) is 15.4. The Bertz CT molecular complexity index is 356. The van der Waals surface area contributed by atoms with Crippen molar-refractivity contribution >= 4 is 0 Å². The molecule has 0 fully saturated rings. The smallest absolute Gasteiger partial charge is 0.0240 e. The van der Waals surface area contributed by atoms with Gasteiger partial charge in [0.05, 0.1) is 0 Å². The summed E-state index contributed by atoms with van der Waals surface area (Å²) >= 11 is 0. The molecule has 0 atom stereocenters. The second kappa shape index (κ2) is 11.7. The van der Waals surface area contributed by atoms with E-state index in [4.69, 9.17) is 0 Å². The molecule has 0 bridgehead atoms. The number of allylic oxidation sites excluding steroid dienone is 3. The maximum Gasteiger partial charge on any atom is 0.0240 e. The van der Waals surface area contributed by atoms with E-state index in [0.717, 1.165) is 18.7 Å². The van der Waals surface area contributed by atoms with Crippen LogP contribution in [0.4, 0.5) is 0 Å². The van der Waals surface area contributed by atoms with E-state index in [0.29, 0.717) is 0 Å². The van der Waals surface area contributed by atoms with Crippen molar-refractivity contribution in [3.8, 4) is 0 Å². The molecule has 1 heterocycles. The molecule has 1 rings (SSSR count). The molecule has 1 aliphatic heterocycles. The number of hydrogen-bond acceptors (Lipinski definition) is 1. The van der Waals surface area contributed by atoms with E-state index in [1.165, 1.54) is 16.7 Å². The summed E-state index contributed by atoms with van der Waals surface area (Å²) in [6, 6.07) is 0. The Morgan fingerprint density at radius 3 is 2.00 bits per heavy atom.